The number of hydroxylamine groups is 1. The molecule has 0 atom stereocenters. The van der Waals surface area contributed by atoms with Gasteiger partial charge in [-0.2, -0.15) is 13.2 Å². The highest BCUT2D eigenvalue weighted by Gasteiger charge is 2.50. The smallest absolute Gasteiger partial charge is 0.312 e. The maximum atomic E-state index is 13.4. The second-order valence-corrected chi connectivity index (χ2v) is 8.83. The third-order valence-corrected chi connectivity index (χ3v) is 6.76. The maximum Gasteiger partial charge on any atom is 0.416 e. The molecule has 148 valence electrons. The average molecular weight is 382 g/mol. The van der Waals surface area contributed by atoms with E-state index in [1.807, 2.05) is 0 Å². The molecule has 5 rings (SSSR count). The van der Waals surface area contributed by atoms with Crippen LogP contribution in [0.5, 0.6) is 0 Å². The molecule has 0 radical (unpaired) electrons. The summed E-state index contributed by atoms with van der Waals surface area (Å²) in [4.78, 5) is 11.4. The van der Waals surface area contributed by atoms with E-state index in [-0.39, 0.29) is 23.1 Å². The first-order valence-electron chi connectivity index (χ1n) is 9.63. The number of carbonyl (C=O) groups excluding carboxylic acids is 1. The molecule has 0 spiro atoms. The first-order chi connectivity index (χ1) is 12.8. The molecule has 4 bridgehead atoms. The summed E-state index contributed by atoms with van der Waals surface area (Å²) in [6, 6.07) is 3.43. The SMILES string of the molecule is O=C(NO)c1ccc(CNCC23CC4CC(CC(C4)C2)C3)c(C(F)(F)F)c1. The lowest BCUT2D eigenvalue weighted by Gasteiger charge is -2.57. The van der Waals surface area contributed by atoms with Gasteiger partial charge in [-0.25, -0.2) is 5.48 Å². The van der Waals surface area contributed by atoms with Gasteiger partial charge in [0.25, 0.3) is 5.91 Å². The van der Waals surface area contributed by atoms with Gasteiger partial charge in [0.1, 0.15) is 0 Å². The van der Waals surface area contributed by atoms with Gasteiger partial charge >= 0.3 is 6.18 Å². The molecule has 0 saturated heterocycles. The molecule has 4 aliphatic carbocycles. The zero-order chi connectivity index (χ0) is 19.2. The second-order valence-electron chi connectivity index (χ2n) is 8.83. The van der Waals surface area contributed by atoms with E-state index in [1.165, 1.54) is 56.1 Å². The van der Waals surface area contributed by atoms with Gasteiger partial charge in [0.05, 0.1) is 5.56 Å². The Morgan fingerprint density at radius 3 is 2.22 bits per heavy atom. The molecule has 0 aromatic heterocycles. The van der Waals surface area contributed by atoms with Crippen LogP contribution in [0.4, 0.5) is 13.2 Å². The monoisotopic (exact) mass is 382 g/mol. The Hall–Kier alpha value is -1.60. The molecule has 1 aromatic carbocycles. The van der Waals surface area contributed by atoms with Crippen LogP contribution in [-0.2, 0) is 12.7 Å². The molecular formula is C20H25F3N2O2. The normalized spacial score (nSPS) is 31.9. The van der Waals surface area contributed by atoms with Gasteiger partial charge in [0.15, 0.2) is 0 Å². The van der Waals surface area contributed by atoms with Crippen LogP contribution in [0.15, 0.2) is 18.2 Å². The van der Waals surface area contributed by atoms with E-state index in [9.17, 15) is 18.0 Å². The lowest BCUT2D eigenvalue weighted by molar-refractivity contribution is -0.138. The quantitative estimate of drug-likeness (QED) is 0.530. The summed E-state index contributed by atoms with van der Waals surface area (Å²) in [5, 5.41) is 11.9. The summed E-state index contributed by atoms with van der Waals surface area (Å²) >= 11 is 0. The Kier molecular flexibility index (Phi) is 4.71. The van der Waals surface area contributed by atoms with Crippen molar-refractivity contribution in [3.05, 3.63) is 34.9 Å². The van der Waals surface area contributed by atoms with Crippen molar-refractivity contribution in [1.82, 2.24) is 10.8 Å². The number of hydrogen-bond donors (Lipinski definition) is 3. The number of amides is 1. The zero-order valence-corrected chi connectivity index (χ0v) is 15.1. The summed E-state index contributed by atoms with van der Waals surface area (Å²) in [6.45, 7) is 0.879. The fraction of sp³-hybridized carbons (Fsp3) is 0.650. The molecule has 3 N–H and O–H groups in total. The van der Waals surface area contributed by atoms with E-state index >= 15 is 0 Å². The minimum absolute atomic E-state index is 0.123. The van der Waals surface area contributed by atoms with Crippen molar-refractivity contribution in [2.45, 2.75) is 51.2 Å². The fourth-order valence-electron chi connectivity index (χ4n) is 6.17. The third kappa shape index (κ3) is 3.72. The first kappa shape index (κ1) is 18.7. The zero-order valence-electron chi connectivity index (χ0n) is 15.1. The van der Waals surface area contributed by atoms with E-state index < -0.39 is 17.6 Å². The van der Waals surface area contributed by atoms with Crippen LogP contribution >= 0.6 is 0 Å². The number of alkyl halides is 3. The minimum Gasteiger partial charge on any atom is -0.312 e. The Bertz CT molecular complexity index is 697. The van der Waals surface area contributed by atoms with Crippen molar-refractivity contribution in [2.24, 2.45) is 23.2 Å². The van der Waals surface area contributed by atoms with Crippen LogP contribution in [0.3, 0.4) is 0 Å². The molecule has 0 heterocycles. The van der Waals surface area contributed by atoms with Crippen molar-refractivity contribution < 1.29 is 23.2 Å². The molecule has 4 aliphatic rings. The first-order valence-corrected chi connectivity index (χ1v) is 9.63. The van der Waals surface area contributed by atoms with Crippen LogP contribution in [0.25, 0.3) is 0 Å². The fourth-order valence-corrected chi connectivity index (χ4v) is 6.17. The lowest BCUT2D eigenvalue weighted by atomic mass is 9.49. The van der Waals surface area contributed by atoms with Gasteiger partial charge < -0.3 is 5.32 Å². The second kappa shape index (κ2) is 6.78. The van der Waals surface area contributed by atoms with Crippen LogP contribution in [0.1, 0.15) is 60.0 Å². The molecule has 1 aromatic rings. The van der Waals surface area contributed by atoms with Crippen molar-refractivity contribution in [1.29, 1.82) is 0 Å². The average Bonchev–Trinajstić information content (AvgIpc) is 2.59. The van der Waals surface area contributed by atoms with Crippen LogP contribution < -0.4 is 10.8 Å². The summed E-state index contributed by atoms with van der Waals surface area (Å²) in [6.07, 6.45) is 3.07. The number of hydrogen-bond acceptors (Lipinski definition) is 3. The summed E-state index contributed by atoms with van der Waals surface area (Å²) < 4.78 is 40.2. The molecule has 0 aliphatic heterocycles. The van der Waals surface area contributed by atoms with Gasteiger partial charge in [0, 0.05) is 18.7 Å². The van der Waals surface area contributed by atoms with Crippen LogP contribution in [0.2, 0.25) is 0 Å². The number of benzene rings is 1. The standard InChI is InChI=1S/C20H25F3N2O2/c21-20(22,23)17-6-15(18(26)25-27)1-2-16(17)10-24-11-19-7-12-3-13(8-19)5-14(4-12)9-19/h1-2,6,12-14,24,27H,3-5,7-11H2,(H,25,26). The van der Waals surface area contributed by atoms with E-state index in [4.69, 9.17) is 5.21 Å². The Labute approximate surface area is 156 Å². The number of carbonyl (C=O) groups is 1. The summed E-state index contributed by atoms with van der Waals surface area (Å²) in [5.74, 6) is 1.47. The van der Waals surface area contributed by atoms with E-state index in [2.05, 4.69) is 5.32 Å². The van der Waals surface area contributed by atoms with E-state index in [0.717, 1.165) is 30.4 Å². The predicted molar refractivity (Wildman–Crippen MR) is 93.0 cm³/mol. The van der Waals surface area contributed by atoms with Gasteiger partial charge in [-0.15, -0.1) is 0 Å². The Balaban J connectivity index is 1.46. The van der Waals surface area contributed by atoms with E-state index in [1.54, 1.807) is 0 Å². The summed E-state index contributed by atoms with van der Waals surface area (Å²) in [5.41, 5.74) is 0.710. The highest BCUT2D eigenvalue weighted by molar-refractivity contribution is 5.93. The molecular weight excluding hydrogens is 357 g/mol. The molecule has 27 heavy (non-hydrogen) atoms. The van der Waals surface area contributed by atoms with Crippen molar-refractivity contribution in [2.75, 3.05) is 6.54 Å². The summed E-state index contributed by atoms with van der Waals surface area (Å²) in [7, 11) is 0. The van der Waals surface area contributed by atoms with Gasteiger partial charge in [-0.1, -0.05) is 6.07 Å². The third-order valence-electron chi connectivity index (χ3n) is 6.76. The molecule has 4 nitrogen and oxygen atoms in total. The van der Waals surface area contributed by atoms with Crippen molar-refractivity contribution in [3.63, 3.8) is 0 Å². The Morgan fingerprint density at radius 2 is 1.70 bits per heavy atom. The van der Waals surface area contributed by atoms with Crippen LogP contribution in [0, 0.1) is 23.2 Å². The van der Waals surface area contributed by atoms with Crippen molar-refractivity contribution >= 4 is 5.91 Å². The molecule has 4 saturated carbocycles. The van der Waals surface area contributed by atoms with Gasteiger partial charge in [-0.3, -0.25) is 10.0 Å². The van der Waals surface area contributed by atoms with Gasteiger partial charge in [-0.05, 0) is 79.4 Å². The molecule has 0 unspecified atom stereocenters. The Morgan fingerprint density at radius 1 is 1.11 bits per heavy atom. The highest BCUT2D eigenvalue weighted by atomic mass is 19.4. The number of halogens is 3. The topological polar surface area (TPSA) is 61.4 Å². The largest absolute Gasteiger partial charge is 0.416 e. The maximum absolute atomic E-state index is 13.4. The highest BCUT2D eigenvalue weighted by Crippen LogP contribution is 2.59. The molecule has 7 heteroatoms. The van der Waals surface area contributed by atoms with E-state index in [0.29, 0.717) is 0 Å². The number of rotatable bonds is 5. The van der Waals surface area contributed by atoms with Gasteiger partial charge in [0.2, 0.25) is 0 Å². The van der Waals surface area contributed by atoms with Crippen LogP contribution in [-0.4, -0.2) is 17.7 Å². The molecule has 4 fully saturated rings. The lowest BCUT2D eigenvalue weighted by Crippen LogP contribution is -2.50. The molecule has 1 amide bonds. The number of nitrogens with one attached hydrogen (secondary N) is 2. The minimum atomic E-state index is -4.55. The predicted octanol–water partition coefficient (Wildman–Crippen LogP) is 4.13. The van der Waals surface area contributed by atoms with Crippen molar-refractivity contribution in [3.8, 4) is 0 Å².